The summed E-state index contributed by atoms with van der Waals surface area (Å²) >= 11 is 17.9. The van der Waals surface area contributed by atoms with Crippen LogP contribution in [0.4, 0.5) is 0 Å². The molecule has 6 heteroatoms. The molecule has 2 aromatic rings. The van der Waals surface area contributed by atoms with Crippen LogP contribution in [-0.4, -0.2) is 18.4 Å². The van der Waals surface area contributed by atoms with Crippen LogP contribution in [0.1, 0.15) is 12.0 Å². The van der Waals surface area contributed by atoms with Gasteiger partial charge in [0.15, 0.2) is 6.10 Å². The van der Waals surface area contributed by atoms with Crippen molar-refractivity contribution in [2.24, 2.45) is 5.16 Å². The summed E-state index contributed by atoms with van der Waals surface area (Å²) < 4.78 is 5.67. The van der Waals surface area contributed by atoms with Crippen LogP contribution in [-0.2, 0) is 4.84 Å². The van der Waals surface area contributed by atoms with E-state index < -0.39 is 0 Å². The summed E-state index contributed by atoms with van der Waals surface area (Å²) in [7, 11) is 0. The van der Waals surface area contributed by atoms with Crippen molar-refractivity contribution in [3.63, 3.8) is 0 Å². The lowest BCUT2D eigenvalue weighted by Gasteiger charge is -2.12. The lowest BCUT2D eigenvalue weighted by Crippen LogP contribution is -2.18. The van der Waals surface area contributed by atoms with E-state index in [4.69, 9.17) is 44.4 Å². The second kappa shape index (κ2) is 6.78. The molecule has 0 aromatic heterocycles. The molecule has 2 aromatic carbocycles. The zero-order valence-corrected chi connectivity index (χ0v) is 13.7. The third-order valence-electron chi connectivity index (χ3n) is 3.24. The van der Waals surface area contributed by atoms with Gasteiger partial charge in [0.1, 0.15) is 12.4 Å². The minimum Gasteiger partial charge on any atom is -0.488 e. The van der Waals surface area contributed by atoms with Crippen LogP contribution < -0.4 is 4.74 Å². The highest BCUT2D eigenvalue weighted by Gasteiger charge is 2.23. The Morgan fingerprint density at radius 2 is 1.77 bits per heavy atom. The number of hydrogen-bond donors (Lipinski definition) is 0. The van der Waals surface area contributed by atoms with Gasteiger partial charge in [-0.3, -0.25) is 0 Å². The minimum atomic E-state index is -0.152. The summed E-state index contributed by atoms with van der Waals surface area (Å²) in [5.74, 6) is 0.479. The molecule has 1 aliphatic heterocycles. The van der Waals surface area contributed by atoms with Crippen LogP contribution in [0.2, 0.25) is 15.1 Å². The van der Waals surface area contributed by atoms with E-state index >= 15 is 0 Å². The van der Waals surface area contributed by atoms with Gasteiger partial charge in [0.05, 0.1) is 20.8 Å². The van der Waals surface area contributed by atoms with Crippen molar-refractivity contribution in [2.75, 3.05) is 6.61 Å². The number of nitrogens with zero attached hydrogens (tertiary/aromatic N) is 1. The molecule has 114 valence electrons. The topological polar surface area (TPSA) is 30.8 Å². The van der Waals surface area contributed by atoms with Gasteiger partial charge < -0.3 is 9.57 Å². The van der Waals surface area contributed by atoms with E-state index in [0.29, 0.717) is 33.8 Å². The predicted octanol–water partition coefficient (Wildman–Crippen LogP) is 5.22. The van der Waals surface area contributed by atoms with E-state index in [2.05, 4.69) is 5.16 Å². The molecule has 0 N–H and O–H groups in total. The lowest BCUT2D eigenvalue weighted by molar-refractivity contribution is 0.0471. The summed E-state index contributed by atoms with van der Waals surface area (Å²) in [6.45, 7) is 0.331. The van der Waals surface area contributed by atoms with Crippen molar-refractivity contribution in [1.82, 2.24) is 0 Å². The minimum absolute atomic E-state index is 0.152. The maximum atomic E-state index is 6.07. The Morgan fingerprint density at radius 1 is 1.05 bits per heavy atom. The highest BCUT2D eigenvalue weighted by molar-refractivity contribution is 6.43. The first-order valence-corrected chi connectivity index (χ1v) is 7.82. The molecule has 1 unspecified atom stereocenters. The van der Waals surface area contributed by atoms with Gasteiger partial charge >= 0.3 is 0 Å². The van der Waals surface area contributed by atoms with Gasteiger partial charge in [0.25, 0.3) is 0 Å². The second-order valence-corrected chi connectivity index (χ2v) is 6.06. The molecule has 0 saturated carbocycles. The van der Waals surface area contributed by atoms with Crippen LogP contribution >= 0.6 is 34.8 Å². The molecular formula is C16H12Cl3NO2. The standard InChI is InChI=1S/C16H12Cl3NO2/c17-12-7-14(19)16(8-13(12)18)21-9-11-6-15(20-22-11)10-4-2-1-3-5-10/h1-5,7-8,11H,6,9H2. The fourth-order valence-electron chi connectivity index (χ4n) is 2.12. The number of rotatable bonds is 4. The predicted molar refractivity (Wildman–Crippen MR) is 89.4 cm³/mol. The Hall–Kier alpha value is -1.42. The van der Waals surface area contributed by atoms with Crippen LogP contribution in [0.15, 0.2) is 47.6 Å². The molecular weight excluding hydrogens is 345 g/mol. The summed E-state index contributed by atoms with van der Waals surface area (Å²) in [6, 6.07) is 13.1. The molecule has 3 nitrogen and oxygen atoms in total. The smallest absolute Gasteiger partial charge is 0.167 e. The summed E-state index contributed by atoms with van der Waals surface area (Å²) in [6.07, 6.45) is 0.531. The zero-order chi connectivity index (χ0) is 15.5. The van der Waals surface area contributed by atoms with Gasteiger partial charge in [-0.05, 0) is 11.6 Å². The van der Waals surface area contributed by atoms with Crippen molar-refractivity contribution >= 4 is 40.5 Å². The molecule has 0 fully saturated rings. The van der Waals surface area contributed by atoms with Crippen molar-refractivity contribution in [3.05, 3.63) is 63.1 Å². The first-order chi connectivity index (χ1) is 10.6. The molecule has 22 heavy (non-hydrogen) atoms. The first-order valence-electron chi connectivity index (χ1n) is 6.69. The van der Waals surface area contributed by atoms with E-state index in [-0.39, 0.29) is 6.10 Å². The highest BCUT2D eigenvalue weighted by Crippen LogP contribution is 2.34. The quantitative estimate of drug-likeness (QED) is 0.703. The fourth-order valence-corrected chi connectivity index (χ4v) is 2.71. The first kappa shape index (κ1) is 15.5. The van der Waals surface area contributed by atoms with Gasteiger partial charge in [-0.15, -0.1) is 0 Å². The molecule has 1 aliphatic rings. The molecule has 3 rings (SSSR count). The Bertz CT molecular complexity index is 704. The normalized spacial score (nSPS) is 17.0. The van der Waals surface area contributed by atoms with Gasteiger partial charge in [0, 0.05) is 12.5 Å². The molecule has 1 atom stereocenters. The van der Waals surface area contributed by atoms with E-state index in [9.17, 15) is 0 Å². The maximum Gasteiger partial charge on any atom is 0.167 e. The average Bonchev–Trinajstić information content (AvgIpc) is 2.99. The van der Waals surface area contributed by atoms with Gasteiger partial charge in [-0.1, -0.05) is 70.3 Å². The van der Waals surface area contributed by atoms with Gasteiger partial charge in [0.2, 0.25) is 0 Å². The molecule has 0 radical (unpaired) electrons. The average molecular weight is 357 g/mol. The molecule has 0 amide bonds. The maximum absolute atomic E-state index is 6.07. The van der Waals surface area contributed by atoms with Crippen molar-refractivity contribution in [2.45, 2.75) is 12.5 Å². The zero-order valence-electron chi connectivity index (χ0n) is 11.4. The molecule has 0 bridgehead atoms. The Labute approximate surface area is 143 Å². The Kier molecular flexibility index (Phi) is 4.77. The van der Waals surface area contributed by atoms with E-state index in [1.165, 1.54) is 0 Å². The molecule has 0 saturated heterocycles. The van der Waals surface area contributed by atoms with Crippen LogP contribution in [0.3, 0.4) is 0 Å². The third-order valence-corrected chi connectivity index (χ3v) is 4.26. The number of ether oxygens (including phenoxy) is 1. The fraction of sp³-hybridized carbons (Fsp3) is 0.188. The number of halogens is 3. The van der Waals surface area contributed by atoms with Crippen molar-refractivity contribution in [3.8, 4) is 5.75 Å². The summed E-state index contributed by atoms with van der Waals surface area (Å²) in [5.41, 5.74) is 1.96. The third kappa shape index (κ3) is 3.49. The molecule has 1 heterocycles. The molecule has 0 aliphatic carbocycles. The van der Waals surface area contributed by atoms with Gasteiger partial charge in [-0.25, -0.2) is 0 Å². The highest BCUT2D eigenvalue weighted by atomic mass is 35.5. The van der Waals surface area contributed by atoms with E-state index in [1.807, 2.05) is 30.3 Å². The summed E-state index contributed by atoms with van der Waals surface area (Å²) in [5, 5.41) is 5.32. The van der Waals surface area contributed by atoms with Crippen LogP contribution in [0.5, 0.6) is 5.75 Å². The van der Waals surface area contributed by atoms with E-state index in [1.54, 1.807) is 12.1 Å². The van der Waals surface area contributed by atoms with Crippen molar-refractivity contribution in [1.29, 1.82) is 0 Å². The second-order valence-electron chi connectivity index (χ2n) is 4.84. The number of oxime groups is 1. The SMILES string of the molecule is Clc1cc(Cl)c(OCC2CC(c3ccccc3)=NO2)cc1Cl. The number of benzene rings is 2. The Morgan fingerprint density at radius 3 is 2.55 bits per heavy atom. The monoisotopic (exact) mass is 355 g/mol. The van der Waals surface area contributed by atoms with E-state index in [0.717, 1.165) is 11.3 Å². The van der Waals surface area contributed by atoms with Crippen molar-refractivity contribution < 1.29 is 9.57 Å². The van der Waals surface area contributed by atoms with Crippen LogP contribution in [0, 0.1) is 0 Å². The lowest BCUT2D eigenvalue weighted by atomic mass is 10.1. The Balaban J connectivity index is 1.59. The largest absolute Gasteiger partial charge is 0.488 e. The molecule has 0 spiro atoms. The number of hydrogen-bond acceptors (Lipinski definition) is 3. The van der Waals surface area contributed by atoms with Gasteiger partial charge in [-0.2, -0.15) is 0 Å². The van der Waals surface area contributed by atoms with Crippen LogP contribution in [0.25, 0.3) is 0 Å². The summed E-state index contributed by atoms with van der Waals surface area (Å²) in [4.78, 5) is 5.40.